The number of nitrogens with zero attached hydrogens (tertiary/aromatic N) is 3. The summed E-state index contributed by atoms with van der Waals surface area (Å²) in [4.78, 5) is 27.7. The number of benzene rings is 2. The van der Waals surface area contributed by atoms with Gasteiger partial charge in [-0.25, -0.2) is 0 Å². The lowest BCUT2D eigenvalue weighted by Gasteiger charge is -2.11. The van der Waals surface area contributed by atoms with Crippen LogP contribution in [0.15, 0.2) is 69.8 Å². The molecule has 0 bridgehead atoms. The van der Waals surface area contributed by atoms with Gasteiger partial charge in [0.2, 0.25) is 11.7 Å². The number of aromatic nitrogens is 2. The second kappa shape index (κ2) is 8.00. The number of nitrogens with one attached hydrogen (secondary N) is 1. The molecule has 2 aromatic carbocycles. The summed E-state index contributed by atoms with van der Waals surface area (Å²) in [6, 6.07) is 15.0. The molecule has 0 unspecified atom stereocenters. The molecule has 0 atom stereocenters. The van der Waals surface area contributed by atoms with Crippen LogP contribution in [0.3, 0.4) is 0 Å². The highest BCUT2D eigenvalue weighted by molar-refractivity contribution is 6.06. The minimum atomic E-state index is -0.508. The number of furan rings is 1. The fraction of sp³-hybridized carbons (Fsp3) is 0.0952. The number of nitro benzene ring substituents is 1. The van der Waals surface area contributed by atoms with Gasteiger partial charge in [-0.15, -0.1) is 0 Å². The molecular weight excluding hydrogens is 388 g/mol. The van der Waals surface area contributed by atoms with Crippen molar-refractivity contribution in [3.63, 3.8) is 0 Å². The molecule has 0 aliphatic rings. The van der Waals surface area contributed by atoms with E-state index in [-0.39, 0.29) is 17.7 Å². The van der Waals surface area contributed by atoms with Crippen molar-refractivity contribution in [3.8, 4) is 11.6 Å². The van der Waals surface area contributed by atoms with Gasteiger partial charge in [0.1, 0.15) is 0 Å². The Labute approximate surface area is 170 Å². The maximum Gasteiger partial charge on any atom is 0.273 e. The Bertz CT molecular complexity index is 1210. The second-order valence-corrected chi connectivity index (χ2v) is 6.48. The largest absolute Gasteiger partial charge is 0.461 e. The second-order valence-electron chi connectivity index (χ2n) is 6.48. The Morgan fingerprint density at radius 3 is 2.73 bits per heavy atom. The van der Waals surface area contributed by atoms with Crippen molar-refractivity contribution in [1.29, 1.82) is 0 Å². The van der Waals surface area contributed by atoms with Crippen molar-refractivity contribution >= 4 is 17.3 Å². The number of hydrogen-bond donors (Lipinski definition) is 1. The molecule has 0 spiro atoms. The molecule has 30 heavy (non-hydrogen) atoms. The van der Waals surface area contributed by atoms with E-state index < -0.39 is 10.8 Å². The van der Waals surface area contributed by atoms with Crippen molar-refractivity contribution in [2.24, 2.45) is 0 Å². The summed E-state index contributed by atoms with van der Waals surface area (Å²) in [7, 11) is 0. The first-order chi connectivity index (χ1) is 14.5. The number of amides is 1. The van der Waals surface area contributed by atoms with Crippen molar-refractivity contribution in [3.05, 3.63) is 93.6 Å². The maximum atomic E-state index is 12.8. The van der Waals surface area contributed by atoms with E-state index in [2.05, 4.69) is 15.5 Å². The predicted molar refractivity (Wildman–Crippen MR) is 107 cm³/mol. The number of hydrogen-bond acceptors (Lipinski definition) is 7. The molecule has 0 aliphatic carbocycles. The van der Waals surface area contributed by atoms with Crippen LogP contribution in [0.5, 0.6) is 0 Å². The average Bonchev–Trinajstić information content (AvgIpc) is 3.41. The Morgan fingerprint density at radius 1 is 1.13 bits per heavy atom. The Balaban J connectivity index is 1.56. The number of carbonyl (C=O) groups is 1. The highest BCUT2D eigenvalue weighted by Gasteiger charge is 2.19. The fourth-order valence-electron chi connectivity index (χ4n) is 3.05. The van der Waals surface area contributed by atoms with E-state index in [9.17, 15) is 14.9 Å². The van der Waals surface area contributed by atoms with Crippen molar-refractivity contribution in [1.82, 2.24) is 10.1 Å². The summed E-state index contributed by atoms with van der Waals surface area (Å²) in [5.41, 5.74) is 1.73. The fourth-order valence-corrected chi connectivity index (χ4v) is 3.05. The minimum Gasteiger partial charge on any atom is -0.461 e. The molecule has 9 heteroatoms. The van der Waals surface area contributed by atoms with Crippen LogP contribution in [0.2, 0.25) is 0 Å². The normalized spacial score (nSPS) is 10.7. The molecule has 2 aromatic heterocycles. The van der Waals surface area contributed by atoms with Crippen molar-refractivity contribution in [2.75, 3.05) is 5.32 Å². The van der Waals surface area contributed by atoms with Crippen LogP contribution in [0.1, 0.15) is 27.4 Å². The van der Waals surface area contributed by atoms with Crippen LogP contribution in [0.25, 0.3) is 11.6 Å². The van der Waals surface area contributed by atoms with Gasteiger partial charge in [0.05, 0.1) is 17.6 Å². The van der Waals surface area contributed by atoms with E-state index in [0.717, 1.165) is 5.56 Å². The molecule has 1 N–H and O–H groups in total. The first-order valence-electron chi connectivity index (χ1n) is 9.02. The third-order valence-corrected chi connectivity index (χ3v) is 4.56. The van der Waals surface area contributed by atoms with Gasteiger partial charge in [0.25, 0.3) is 11.6 Å². The third-order valence-electron chi connectivity index (χ3n) is 4.56. The molecule has 150 valence electrons. The Hall–Kier alpha value is -4.27. The zero-order valence-corrected chi connectivity index (χ0v) is 15.9. The summed E-state index contributed by atoms with van der Waals surface area (Å²) in [6.45, 7) is 1.55. The van der Waals surface area contributed by atoms with Gasteiger partial charge < -0.3 is 14.3 Å². The molecule has 2 heterocycles. The Kier molecular flexibility index (Phi) is 5.08. The molecular formula is C21H16N4O5. The lowest BCUT2D eigenvalue weighted by molar-refractivity contribution is -0.385. The average molecular weight is 404 g/mol. The van der Waals surface area contributed by atoms with Gasteiger partial charge in [-0.2, -0.15) is 4.98 Å². The zero-order valence-electron chi connectivity index (χ0n) is 15.9. The minimum absolute atomic E-state index is 0.104. The smallest absolute Gasteiger partial charge is 0.273 e. The first kappa shape index (κ1) is 19.1. The van der Waals surface area contributed by atoms with Crippen LogP contribution < -0.4 is 5.32 Å². The van der Waals surface area contributed by atoms with Gasteiger partial charge in [0.15, 0.2) is 5.76 Å². The quantitative estimate of drug-likeness (QED) is 0.373. The predicted octanol–water partition coefficient (Wildman–Crippen LogP) is 4.39. The topological polar surface area (TPSA) is 124 Å². The summed E-state index contributed by atoms with van der Waals surface area (Å²) < 4.78 is 10.5. The number of carbonyl (C=O) groups excluding carboxylic acids is 1. The molecule has 0 saturated heterocycles. The zero-order chi connectivity index (χ0) is 21.1. The standard InChI is InChI=1S/C21H16N4O5/c1-13-15(7-4-9-17(13)25(27)28)21(26)22-16-8-3-2-6-14(16)12-19-23-20(24-30-19)18-10-5-11-29-18/h2-11H,12H2,1H3,(H,22,26). The van der Waals surface area contributed by atoms with Crippen LogP contribution in [0, 0.1) is 17.0 Å². The summed E-state index contributed by atoms with van der Waals surface area (Å²) in [6.07, 6.45) is 1.81. The number of rotatable bonds is 6. The van der Waals surface area contributed by atoms with Crippen LogP contribution in [0.4, 0.5) is 11.4 Å². The van der Waals surface area contributed by atoms with Crippen LogP contribution >= 0.6 is 0 Å². The highest BCUT2D eigenvalue weighted by Crippen LogP contribution is 2.24. The number of anilines is 1. The summed E-state index contributed by atoms with van der Waals surface area (Å²) in [5.74, 6) is 0.747. The molecule has 0 aliphatic heterocycles. The molecule has 9 nitrogen and oxygen atoms in total. The maximum absolute atomic E-state index is 12.8. The van der Waals surface area contributed by atoms with Gasteiger partial charge in [-0.3, -0.25) is 14.9 Å². The molecule has 1 amide bonds. The van der Waals surface area contributed by atoms with Crippen LogP contribution in [-0.2, 0) is 6.42 Å². The first-order valence-corrected chi connectivity index (χ1v) is 9.02. The van der Waals surface area contributed by atoms with Crippen molar-refractivity contribution in [2.45, 2.75) is 13.3 Å². The monoisotopic (exact) mass is 404 g/mol. The van der Waals surface area contributed by atoms with E-state index in [1.165, 1.54) is 18.4 Å². The SMILES string of the molecule is Cc1c(C(=O)Nc2ccccc2Cc2nc(-c3ccco3)no2)cccc1[N+](=O)[O-]. The van der Waals surface area contributed by atoms with E-state index in [1.807, 2.05) is 12.1 Å². The van der Waals surface area contributed by atoms with E-state index >= 15 is 0 Å². The van der Waals surface area contributed by atoms with Crippen molar-refractivity contribution < 1.29 is 18.7 Å². The van der Waals surface area contributed by atoms with E-state index in [1.54, 1.807) is 37.3 Å². The summed E-state index contributed by atoms with van der Waals surface area (Å²) in [5, 5.41) is 17.9. The van der Waals surface area contributed by atoms with E-state index in [4.69, 9.17) is 8.94 Å². The van der Waals surface area contributed by atoms with Gasteiger partial charge in [0, 0.05) is 22.9 Å². The number of para-hydroxylation sites is 1. The lowest BCUT2D eigenvalue weighted by Crippen LogP contribution is -2.15. The third kappa shape index (κ3) is 3.81. The molecule has 4 rings (SSSR count). The lowest BCUT2D eigenvalue weighted by atomic mass is 10.1. The molecule has 4 aromatic rings. The molecule has 0 saturated carbocycles. The number of nitro groups is 1. The van der Waals surface area contributed by atoms with Gasteiger partial charge in [-0.05, 0) is 36.8 Å². The Morgan fingerprint density at radius 2 is 1.97 bits per heavy atom. The molecule has 0 fully saturated rings. The highest BCUT2D eigenvalue weighted by atomic mass is 16.6. The molecule has 0 radical (unpaired) electrons. The van der Waals surface area contributed by atoms with Crippen LogP contribution in [-0.4, -0.2) is 21.0 Å². The van der Waals surface area contributed by atoms with E-state index in [0.29, 0.717) is 28.7 Å². The van der Waals surface area contributed by atoms with Gasteiger partial charge in [-0.1, -0.05) is 29.4 Å². The van der Waals surface area contributed by atoms with Gasteiger partial charge >= 0.3 is 0 Å². The summed E-state index contributed by atoms with van der Waals surface area (Å²) >= 11 is 0.